The third-order valence-electron chi connectivity index (χ3n) is 4.90. The minimum atomic E-state index is -0.989. The summed E-state index contributed by atoms with van der Waals surface area (Å²) in [6.07, 6.45) is 1.30. The van der Waals surface area contributed by atoms with E-state index >= 15 is 0 Å². The number of piperidine rings is 1. The molecule has 0 aliphatic carbocycles. The van der Waals surface area contributed by atoms with Gasteiger partial charge in [0.1, 0.15) is 5.82 Å². The van der Waals surface area contributed by atoms with Gasteiger partial charge in [0.25, 0.3) is 0 Å². The van der Waals surface area contributed by atoms with E-state index in [9.17, 15) is 18.8 Å². The summed E-state index contributed by atoms with van der Waals surface area (Å²) < 4.78 is 24.0. The maximum atomic E-state index is 14.2. The number of hydrogen-bond donors (Lipinski definition) is 0. The maximum Gasteiger partial charge on any atom is 0.314 e. The molecular weight excluding hydrogens is 353 g/mol. The Morgan fingerprint density at radius 3 is 2.63 bits per heavy atom. The minimum Gasteiger partial charge on any atom is -0.469 e. The molecule has 0 unspecified atom stereocenters. The first kappa shape index (κ1) is 20.9. The van der Waals surface area contributed by atoms with Gasteiger partial charge in [0.15, 0.2) is 0 Å². The van der Waals surface area contributed by atoms with E-state index < -0.39 is 17.4 Å². The summed E-state index contributed by atoms with van der Waals surface area (Å²) in [7, 11) is 1.27. The van der Waals surface area contributed by atoms with Crippen molar-refractivity contribution in [3.63, 3.8) is 0 Å². The van der Waals surface area contributed by atoms with Gasteiger partial charge in [-0.15, -0.1) is 0 Å². The van der Waals surface area contributed by atoms with E-state index in [1.165, 1.54) is 13.2 Å². The van der Waals surface area contributed by atoms with E-state index in [1.807, 2.05) is 0 Å². The molecule has 0 bridgehead atoms. The molecule has 0 aromatic heterocycles. The second-order valence-corrected chi connectivity index (χ2v) is 6.76. The number of amides is 1. The number of benzene rings is 1. The van der Waals surface area contributed by atoms with Gasteiger partial charge < -0.3 is 14.4 Å². The first-order valence-corrected chi connectivity index (χ1v) is 9.17. The van der Waals surface area contributed by atoms with Gasteiger partial charge in [-0.05, 0) is 37.8 Å². The highest BCUT2D eigenvalue weighted by Gasteiger charge is 2.45. The van der Waals surface area contributed by atoms with E-state index in [4.69, 9.17) is 4.74 Å². The smallest absolute Gasteiger partial charge is 0.314 e. The fourth-order valence-electron chi connectivity index (χ4n) is 3.49. The molecule has 1 saturated heterocycles. The SMILES string of the molecule is CCOC(=O)[C@]1(Cc2ccccc2F)CCCN(C(=O)CCC(=O)OC)C1. The molecule has 7 heteroatoms. The highest BCUT2D eigenvalue weighted by molar-refractivity contribution is 5.83. The number of nitrogens with zero attached hydrogens (tertiary/aromatic N) is 1. The van der Waals surface area contributed by atoms with E-state index in [2.05, 4.69) is 4.74 Å². The summed E-state index contributed by atoms with van der Waals surface area (Å²) in [5.41, 5.74) is -0.563. The molecule has 27 heavy (non-hydrogen) atoms. The molecule has 1 heterocycles. The van der Waals surface area contributed by atoms with Crippen molar-refractivity contribution in [3.8, 4) is 0 Å². The Bertz CT molecular complexity index is 693. The van der Waals surface area contributed by atoms with E-state index in [-0.39, 0.29) is 44.1 Å². The molecule has 0 radical (unpaired) electrons. The van der Waals surface area contributed by atoms with Crippen molar-refractivity contribution < 1.29 is 28.2 Å². The first-order valence-electron chi connectivity index (χ1n) is 9.17. The fourth-order valence-corrected chi connectivity index (χ4v) is 3.49. The standard InChI is InChI=1S/C20H26FNO5/c1-3-27-19(25)20(13-15-7-4-5-8-16(15)21)11-6-12-22(14-20)17(23)9-10-18(24)26-2/h4-5,7-8H,3,6,9-14H2,1-2H3/t20-/m0/s1. The predicted molar refractivity (Wildman–Crippen MR) is 96.2 cm³/mol. The van der Waals surface area contributed by atoms with Crippen LogP contribution in [0.25, 0.3) is 0 Å². The van der Waals surface area contributed by atoms with Gasteiger partial charge >= 0.3 is 11.9 Å². The van der Waals surface area contributed by atoms with Crippen molar-refractivity contribution in [3.05, 3.63) is 35.6 Å². The molecule has 1 aliphatic heterocycles. The summed E-state index contributed by atoms with van der Waals surface area (Å²) in [6, 6.07) is 6.32. The van der Waals surface area contributed by atoms with Gasteiger partial charge in [0.2, 0.25) is 5.91 Å². The van der Waals surface area contributed by atoms with Gasteiger partial charge in [-0.1, -0.05) is 18.2 Å². The summed E-state index contributed by atoms with van der Waals surface area (Å²) in [5, 5.41) is 0. The fraction of sp³-hybridized carbons (Fsp3) is 0.550. The van der Waals surface area contributed by atoms with Gasteiger partial charge in [-0.3, -0.25) is 14.4 Å². The Hall–Kier alpha value is -2.44. The predicted octanol–water partition coefficient (Wildman–Crippen LogP) is 2.49. The van der Waals surface area contributed by atoms with Crippen LogP contribution in [0.1, 0.15) is 38.2 Å². The van der Waals surface area contributed by atoms with Gasteiger partial charge in [-0.25, -0.2) is 4.39 Å². The van der Waals surface area contributed by atoms with Crippen LogP contribution >= 0.6 is 0 Å². The largest absolute Gasteiger partial charge is 0.469 e. The molecule has 0 saturated carbocycles. The lowest BCUT2D eigenvalue weighted by molar-refractivity contribution is -0.161. The number of hydrogen-bond acceptors (Lipinski definition) is 5. The van der Waals surface area contributed by atoms with Crippen molar-refractivity contribution in [2.45, 2.75) is 39.0 Å². The van der Waals surface area contributed by atoms with Gasteiger partial charge in [0.05, 0.1) is 25.6 Å². The van der Waals surface area contributed by atoms with Crippen LogP contribution in [0.3, 0.4) is 0 Å². The Balaban J connectivity index is 2.20. The number of esters is 2. The molecule has 148 valence electrons. The lowest BCUT2D eigenvalue weighted by Crippen LogP contribution is -2.51. The van der Waals surface area contributed by atoms with Crippen LogP contribution in [-0.2, 0) is 30.3 Å². The lowest BCUT2D eigenvalue weighted by atomic mass is 9.74. The molecule has 1 aromatic rings. The molecule has 0 spiro atoms. The second kappa shape index (κ2) is 9.48. The molecule has 0 N–H and O–H groups in total. The molecule has 1 atom stereocenters. The Morgan fingerprint density at radius 1 is 1.22 bits per heavy atom. The number of halogens is 1. The van der Waals surface area contributed by atoms with Crippen LogP contribution in [0.4, 0.5) is 4.39 Å². The first-order chi connectivity index (χ1) is 12.9. The number of ether oxygens (including phenoxy) is 2. The number of carbonyl (C=O) groups excluding carboxylic acids is 3. The van der Waals surface area contributed by atoms with Gasteiger partial charge in [-0.2, -0.15) is 0 Å². The molecule has 1 amide bonds. The highest BCUT2D eigenvalue weighted by atomic mass is 19.1. The summed E-state index contributed by atoms with van der Waals surface area (Å²) >= 11 is 0. The van der Waals surface area contributed by atoms with E-state index in [1.54, 1.807) is 30.0 Å². The van der Waals surface area contributed by atoms with Crippen molar-refractivity contribution >= 4 is 17.8 Å². The number of methoxy groups -OCH3 is 1. The summed E-state index contributed by atoms with van der Waals surface area (Å²) in [4.78, 5) is 38.1. The zero-order valence-corrected chi connectivity index (χ0v) is 15.8. The number of likely N-dealkylation sites (tertiary alicyclic amines) is 1. The average molecular weight is 379 g/mol. The Morgan fingerprint density at radius 2 is 1.96 bits per heavy atom. The normalized spacial score (nSPS) is 19.4. The molecule has 1 aliphatic rings. The highest BCUT2D eigenvalue weighted by Crippen LogP contribution is 2.36. The molecular formula is C20H26FNO5. The van der Waals surface area contributed by atoms with E-state index in [0.29, 0.717) is 24.9 Å². The lowest BCUT2D eigenvalue weighted by Gasteiger charge is -2.41. The van der Waals surface area contributed by atoms with Crippen LogP contribution in [0, 0.1) is 11.2 Å². The monoisotopic (exact) mass is 379 g/mol. The van der Waals surface area contributed by atoms with Crippen molar-refractivity contribution in [1.82, 2.24) is 4.90 Å². The molecule has 6 nitrogen and oxygen atoms in total. The van der Waals surface area contributed by atoms with Crippen molar-refractivity contribution in [2.24, 2.45) is 5.41 Å². The quantitative estimate of drug-likeness (QED) is 0.681. The van der Waals surface area contributed by atoms with Crippen LogP contribution < -0.4 is 0 Å². The van der Waals surface area contributed by atoms with Crippen LogP contribution in [0.5, 0.6) is 0 Å². The Kier molecular flexibility index (Phi) is 7.33. The zero-order chi connectivity index (χ0) is 19.9. The Labute approximate surface area is 158 Å². The molecule has 1 aromatic carbocycles. The second-order valence-electron chi connectivity index (χ2n) is 6.76. The van der Waals surface area contributed by atoms with E-state index in [0.717, 1.165) is 0 Å². The topological polar surface area (TPSA) is 72.9 Å². The maximum absolute atomic E-state index is 14.2. The third kappa shape index (κ3) is 5.28. The molecule has 1 fully saturated rings. The van der Waals surface area contributed by atoms with Crippen LogP contribution in [0.15, 0.2) is 24.3 Å². The molecule has 2 rings (SSSR count). The zero-order valence-electron chi connectivity index (χ0n) is 15.8. The third-order valence-corrected chi connectivity index (χ3v) is 4.90. The van der Waals surface area contributed by atoms with Crippen molar-refractivity contribution in [2.75, 3.05) is 26.8 Å². The number of rotatable bonds is 7. The summed E-state index contributed by atoms with van der Waals surface area (Å²) in [6.45, 7) is 2.59. The van der Waals surface area contributed by atoms with Crippen LogP contribution in [-0.4, -0.2) is 49.6 Å². The minimum absolute atomic E-state index is 0.00838. The van der Waals surface area contributed by atoms with Crippen molar-refractivity contribution in [1.29, 1.82) is 0 Å². The van der Waals surface area contributed by atoms with Crippen LogP contribution in [0.2, 0.25) is 0 Å². The van der Waals surface area contributed by atoms with Gasteiger partial charge in [0, 0.05) is 19.5 Å². The summed E-state index contributed by atoms with van der Waals surface area (Å²) in [5.74, 6) is -1.47. The average Bonchev–Trinajstić information content (AvgIpc) is 2.68. The number of carbonyl (C=O) groups is 3.